The molecule has 0 aliphatic carbocycles. The van der Waals surface area contributed by atoms with Gasteiger partial charge in [0, 0.05) is 19.1 Å². The molecule has 0 radical (unpaired) electrons. The number of likely N-dealkylation sites (N-methyl/N-ethyl adjacent to an activating group) is 1. The second-order valence-corrected chi connectivity index (χ2v) is 5.00. The van der Waals surface area contributed by atoms with Gasteiger partial charge in [-0.1, -0.05) is 0 Å². The highest BCUT2D eigenvalue weighted by molar-refractivity contribution is 5.31. The molecule has 0 saturated carbocycles. The maximum Gasteiger partial charge on any atom is 0.119 e. The summed E-state index contributed by atoms with van der Waals surface area (Å²) in [6.07, 6.45) is 2.63. The molecule has 1 N–H and O–H groups in total. The van der Waals surface area contributed by atoms with Crippen LogP contribution in [-0.2, 0) is 0 Å². The highest BCUT2D eigenvalue weighted by atomic mass is 16.5. The van der Waals surface area contributed by atoms with E-state index in [2.05, 4.69) is 17.3 Å². The summed E-state index contributed by atoms with van der Waals surface area (Å²) in [5, 5.41) is 3.46. The van der Waals surface area contributed by atoms with Gasteiger partial charge in [0.2, 0.25) is 0 Å². The van der Waals surface area contributed by atoms with Gasteiger partial charge in [0.05, 0.1) is 7.11 Å². The molecule has 1 aromatic carbocycles. The maximum atomic E-state index is 5.67. The molecule has 1 aliphatic heterocycles. The van der Waals surface area contributed by atoms with Crippen molar-refractivity contribution in [3.63, 3.8) is 0 Å². The van der Waals surface area contributed by atoms with E-state index in [1.807, 2.05) is 24.3 Å². The second kappa shape index (κ2) is 7.36. The zero-order chi connectivity index (χ0) is 13.5. The van der Waals surface area contributed by atoms with Crippen LogP contribution >= 0.6 is 0 Å². The summed E-state index contributed by atoms with van der Waals surface area (Å²) in [6.45, 7) is 3.87. The van der Waals surface area contributed by atoms with Gasteiger partial charge in [-0.05, 0) is 50.7 Å². The third kappa shape index (κ3) is 4.40. The molecule has 4 heteroatoms. The Hall–Kier alpha value is -1.26. The zero-order valence-electron chi connectivity index (χ0n) is 11.9. The minimum atomic E-state index is 0.695. The Morgan fingerprint density at radius 1 is 1.26 bits per heavy atom. The highest BCUT2D eigenvalue weighted by Crippen LogP contribution is 2.16. The number of likely N-dealkylation sites (tertiary alicyclic amines) is 1. The van der Waals surface area contributed by atoms with E-state index in [0.29, 0.717) is 12.6 Å². The van der Waals surface area contributed by atoms with Gasteiger partial charge in [0.15, 0.2) is 0 Å². The number of nitrogens with one attached hydrogen (secondary N) is 1. The van der Waals surface area contributed by atoms with Crippen LogP contribution in [0.1, 0.15) is 12.8 Å². The molecule has 1 unspecified atom stereocenters. The van der Waals surface area contributed by atoms with Crippen LogP contribution in [0.25, 0.3) is 0 Å². The van der Waals surface area contributed by atoms with Gasteiger partial charge in [-0.3, -0.25) is 0 Å². The summed E-state index contributed by atoms with van der Waals surface area (Å²) in [7, 11) is 3.87. The quantitative estimate of drug-likeness (QED) is 0.761. The SMILES string of the molecule is COc1ccc(OCCNCC2CCCN2C)cc1. The first-order chi connectivity index (χ1) is 9.29. The number of hydrogen-bond acceptors (Lipinski definition) is 4. The fourth-order valence-electron chi connectivity index (χ4n) is 2.42. The summed E-state index contributed by atoms with van der Waals surface area (Å²) in [5.74, 6) is 1.75. The molecule has 1 atom stereocenters. The molecule has 106 valence electrons. The van der Waals surface area contributed by atoms with Crippen LogP contribution in [0, 0.1) is 0 Å². The van der Waals surface area contributed by atoms with Crippen LogP contribution in [0.4, 0.5) is 0 Å². The third-order valence-electron chi connectivity index (χ3n) is 3.66. The highest BCUT2D eigenvalue weighted by Gasteiger charge is 2.19. The minimum absolute atomic E-state index is 0.695. The molecule has 1 aromatic rings. The Balaban J connectivity index is 1.58. The number of rotatable bonds is 7. The first-order valence-corrected chi connectivity index (χ1v) is 6.97. The van der Waals surface area contributed by atoms with Crippen molar-refractivity contribution in [1.82, 2.24) is 10.2 Å². The van der Waals surface area contributed by atoms with Gasteiger partial charge in [0.25, 0.3) is 0 Å². The van der Waals surface area contributed by atoms with Crippen molar-refractivity contribution < 1.29 is 9.47 Å². The summed E-state index contributed by atoms with van der Waals surface area (Å²) in [5.41, 5.74) is 0. The van der Waals surface area contributed by atoms with Crippen molar-refractivity contribution >= 4 is 0 Å². The van der Waals surface area contributed by atoms with E-state index in [1.54, 1.807) is 7.11 Å². The van der Waals surface area contributed by atoms with Crippen molar-refractivity contribution in [2.45, 2.75) is 18.9 Å². The Kier molecular flexibility index (Phi) is 5.48. The van der Waals surface area contributed by atoms with Gasteiger partial charge in [-0.15, -0.1) is 0 Å². The lowest BCUT2D eigenvalue weighted by atomic mass is 10.2. The molecule has 1 heterocycles. The zero-order valence-corrected chi connectivity index (χ0v) is 11.9. The van der Waals surface area contributed by atoms with Crippen LogP contribution < -0.4 is 14.8 Å². The van der Waals surface area contributed by atoms with Crippen molar-refractivity contribution in [3.05, 3.63) is 24.3 Å². The van der Waals surface area contributed by atoms with Crippen LogP contribution in [-0.4, -0.2) is 51.3 Å². The maximum absolute atomic E-state index is 5.67. The molecule has 0 spiro atoms. The predicted molar refractivity (Wildman–Crippen MR) is 77.0 cm³/mol. The average molecular weight is 264 g/mol. The van der Waals surface area contributed by atoms with Gasteiger partial charge >= 0.3 is 0 Å². The summed E-state index contributed by atoms with van der Waals surface area (Å²) < 4.78 is 10.8. The molecular weight excluding hydrogens is 240 g/mol. The minimum Gasteiger partial charge on any atom is -0.497 e. The standard InChI is InChI=1S/C15H24N2O2/c1-17-10-3-4-13(17)12-16-9-11-19-15-7-5-14(18-2)6-8-15/h5-8,13,16H,3-4,9-12H2,1-2H3. The Morgan fingerprint density at radius 3 is 2.63 bits per heavy atom. The van der Waals surface area contributed by atoms with Crippen LogP contribution in [0.2, 0.25) is 0 Å². The smallest absolute Gasteiger partial charge is 0.119 e. The molecular formula is C15H24N2O2. The molecule has 1 fully saturated rings. The van der Waals surface area contributed by atoms with Crippen LogP contribution in [0.3, 0.4) is 0 Å². The van der Waals surface area contributed by atoms with E-state index >= 15 is 0 Å². The molecule has 1 saturated heterocycles. The third-order valence-corrected chi connectivity index (χ3v) is 3.66. The molecule has 2 rings (SSSR count). The van der Waals surface area contributed by atoms with Crippen molar-refractivity contribution in [3.8, 4) is 11.5 Å². The van der Waals surface area contributed by atoms with Gasteiger partial charge in [-0.25, -0.2) is 0 Å². The Morgan fingerprint density at radius 2 is 2.00 bits per heavy atom. The molecule has 0 aromatic heterocycles. The first kappa shape index (κ1) is 14.2. The average Bonchev–Trinajstić information content (AvgIpc) is 2.85. The predicted octanol–water partition coefficient (Wildman–Crippen LogP) is 1.76. The number of hydrogen-bond donors (Lipinski definition) is 1. The number of benzene rings is 1. The normalized spacial score (nSPS) is 19.6. The second-order valence-electron chi connectivity index (χ2n) is 5.00. The van der Waals surface area contributed by atoms with E-state index in [4.69, 9.17) is 9.47 Å². The first-order valence-electron chi connectivity index (χ1n) is 6.97. The lowest BCUT2D eigenvalue weighted by Crippen LogP contribution is -2.36. The lowest BCUT2D eigenvalue weighted by molar-refractivity contribution is 0.279. The van der Waals surface area contributed by atoms with Gasteiger partial charge in [0.1, 0.15) is 18.1 Å². The summed E-state index contributed by atoms with van der Waals surface area (Å²) >= 11 is 0. The van der Waals surface area contributed by atoms with Gasteiger partial charge in [-0.2, -0.15) is 0 Å². The Labute approximate surface area is 115 Å². The van der Waals surface area contributed by atoms with Crippen molar-refractivity contribution in [2.24, 2.45) is 0 Å². The molecule has 0 bridgehead atoms. The largest absolute Gasteiger partial charge is 0.497 e. The fraction of sp³-hybridized carbons (Fsp3) is 0.600. The van der Waals surface area contributed by atoms with Crippen LogP contribution in [0.15, 0.2) is 24.3 Å². The number of ether oxygens (including phenoxy) is 2. The van der Waals surface area contributed by atoms with E-state index < -0.39 is 0 Å². The summed E-state index contributed by atoms with van der Waals surface area (Å²) in [4.78, 5) is 2.43. The number of methoxy groups -OCH3 is 1. The molecule has 19 heavy (non-hydrogen) atoms. The van der Waals surface area contributed by atoms with E-state index in [0.717, 1.165) is 24.6 Å². The van der Waals surface area contributed by atoms with Crippen molar-refractivity contribution in [2.75, 3.05) is 40.4 Å². The molecule has 4 nitrogen and oxygen atoms in total. The lowest BCUT2D eigenvalue weighted by Gasteiger charge is -2.19. The summed E-state index contributed by atoms with van der Waals surface area (Å²) in [6, 6.07) is 8.39. The topological polar surface area (TPSA) is 33.7 Å². The van der Waals surface area contributed by atoms with Crippen LogP contribution in [0.5, 0.6) is 11.5 Å². The molecule has 0 amide bonds. The fourth-order valence-corrected chi connectivity index (χ4v) is 2.42. The van der Waals surface area contributed by atoms with E-state index in [9.17, 15) is 0 Å². The Bertz CT molecular complexity index is 367. The molecule has 1 aliphatic rings. The van der Waals surface area contributed by atoms with Gasteiger partial charge < -0.3 is 19.7 Å². The van der Waals surface area contributed by atoms with E-state index in [-0.39, 0.29) is 0 Å². The monoisotopic (exact) mass is 264 g/mol. The van der Waals surface area contributed by atoms with Crippen molar-refractivity contribution in [1.29, 1.82) is 0 Å². The van der Waals surface area contributed by atoms with E-state index in [1.165, 1.54) is 19.4 Å². The number of nitrogens with zero attached hydrogens (tertiary/aromatic N) is 1.